The highest BCUT2D eigenvalue weighted by atomic mass is 32.1. The molecule has 2 aliphatic rings. The minimum Gasteiger partial charge on any atom is -0.493 e. The maximum atomic E-state index is 14.7. The van der Waals surface area contributed by atoms with Crippen LogP contribution in [0.25, 0.3) is 5.57 Å². The molecule has 0 aliphatic carbocycles. The van der Waals surface area contributed by atoms with E-state index in [-0.39, 0.29) is 34.7 Å². The summed E-state index contributed by atoms with van der Waals surface area (Å²) in [4.78, 5) is 12.1. The van der Waals surface area contributed by atoms with Gasteiger partial charge in [0.1, 0.15) is 6.17 Å². The molecule has 0 saturated carbocycles. The number of hydrogen-bond acceptors (Lipinski definition) is 6. The Balaban J connectivity index is 1.72. The van der Waals surface area contributed by atoms with Gasteiger partial charge in [0.05, 0.1) is 33.6 Å². The third-order valence-corrected chi connectivity index (χ3v) is 7.65. The molecule has 206 valence electrons. The normalized spacial score (nSPS) is 20.1. The van der Waals surface area contributed by atoms with Crippen molar-refractivity contribution >= 4 is 23.1 Å². The first-order valence-corrected chi connectivity index (χ1v) is 12.5. The molecule has 2 aromatic carbocycles. The van der Waals surface area contributed by atoms with Gasteiger partial charge in [0.15, 0.2) is 0 Å². The molecule has 39 heavy (non-hydrogen) atoms. The summed E-state index contributed by atoms with van der Waals surface area (Å²) >= 11 is 0.528. The van der Waals surface area contributed by atoms with Crippen LogP contribution < -0.4 is 20.8 Å². The lowest BCUT2D eigenvalue weighted by molar-refractivity contribution is -0.143. The summed E-state index contributed by atoms with van der Waals surface area (Å²) in [6.45, 7) is 0.333. The van der Waals surface area contributed by atoms with Gasteiger partial charge in [-0.15, -0.1) is 0 Å². The fourth-order valence-electron chi connectivity index (χ4n) is 4.73. The van der Waals surface area contributed by atoms with Crippen molar-refractivity contribution in [2.45, 2.75) is 37.4 Å². The maximum Gasteiger partial charge on any atom is 0.416 e. The number of rotatable bonds is 4. The number of piperidine rings is 1. The highest BCUT2D eigenvalue weighted by Crippen LogP contribution is 2.40. The molecule has 1 saturated heterocycles. The molecule has 5 rings (SSSR count). The van der Waals surface area contributed by atoms with E-state index in [1.807, 2.05) is 0 Å². The molecule has 0 amide bonds. The van der Waals surface area contributed by atoms with Crippen LogP contribution in [0.15, 0.2) is 51.4 Å². The molecule has 3 aromatic rings. The zero-order valence-corrected chi connectivity index (χ0v) is 20.6. The van der Waals surface area contributed by atoms with E-state index in [0.29, 0.717) is 34.9 Å². The molecule has 2 aliphatic heterocycles. The average Bonchev–Trinajstić information content (AvgIpc) is 3.45. The second kappa shape index (κ2) is 9.90. The summed E-state index contributed by atoms with van der Waals surface area (Å²) in [6, 6.07) is 4.91. The molecule has 2 N–H and O–H groups in total. The van der Waals surface area contributed by atoms with Gasteiger partial charge >= 0.3 is 17.2 Å². The van der Waals surface area contributed by atoms with Gasteiger partial charge in [-0.2, -0.15) is 36.5 Å². The van der Waals surface area contributed by atoms with Gasteiger partial charge in [-0.1, -0.05) is 23.5 Å². The number of thiazole rings is 1. The van der Waals surface area contributed by atoms with Crippen LogP contribution in [-0.4, -0.2) is 35.1 Å². The largest absolute Gasteiger partial charge is 0.493 e. The number of hydrogen-bond donors (Lipinski definition) is 2. The summed E-state index contributed by atoms with van der Waals surface area (Å²) in [7, 11) is 0. The first-order valence-electron chi connectivity index (χ1n) is 11.7. The topological polar surface area (TPSA) is 79.0 Å². The maximum absolute atomic E-state index is 14.7. The van der Waals surface area contributed by atoms with Gasteiger partial charge in [0, 0.05) is 18.5 Å². The average molecular weight is 573 g/mol. The zero-order chi connectivity index (χ0) is 28.1. The number of aromatic nitrogens is 1. The molecule has 6 nitrogen and oxygen atoms in total. The van der Waals surface area contributed by atoms with E-state index >= 15 is 0 Å². The van der Waals surface area contributed by atoms with Crippen LogP contribution in [0.2, 0.25) is 0 Å². The predicted molar refractivity (Wildman–Crippen MR) is 129 cm³/mol. The van der Waals surface area contributed by atoms with E-state index < -0.39 is 58.4 Å². The Labute approximate surface area is 219 Å². The molecule has 1 fully saturated rings. The predicted octanol–water partition coefficient (Wildman–Crippen LogP) is 3.93. The zero-order valence-electron chi connectivity index (χ0n) is 19.8. The van der Waals surface area contributed by atoms with Crippen molar-refractivity contribution in [2.75, 3.05) is 13.1 Å². The van der Waals surface area contributed by atoms with E-state index in [0.717, 1.165) is 10.6 Å². The van der Waals surface area contributed by atoms with Crippen LogP contribution in [-0.2, 0) is 18.8 Å². The highest BCUT2D eigenvalue weighted by Gasteiger charge is 2.39. The van der Waals surface area contributed by atoms with Crippen molar-refractivity contribution in [3.63, 3.8) is 0 Å². The van der Waals surface area contributed by atoms with Crippen LogP contribution >= 0.6 is 11.3 Å². The molecule has 0 spiro atoms. The Bertz CT molecular complexity index is 1640. The van der Waals surface area contributed by atoms with Gasteiger partial charge in [-0.05, 0) is 53.6 Å². The second-order valence-corrected chi connectivity index (χ2v) is 10.1. The molecule has 2 atom stereocenters. The minimum atomic E-state index is -5.12. The monoisotopic (exact) mass is 572 g/mol. The van der Waals surface area contributed by atoms with Gasteiger partial charge in [0.2, 0.25) is 5.88 Å². The van der Waals surface area contributed by atoms with Crippen LogP contribution in [0.3, 0.4) is 0 Å². The van der Waals surface area contributed by atoms with E-state index in [2.05, 4.69) is 15.5 Å². The fourth-order valence-corrected chi connectivity index (χ4v) is 5.73. The molecule has 0 unspecified atom stereocenters. The number of benzene rings is 2. The number of halogens is 7. The molecular weight excluding hydrogens is 553 g/mol. The van der Waals surface area contributed by atoms with Gasteiger partial charge < -0.3 is 10.4 Å². The Morgan fingerprint density at radius 3 is 2.56 bits per heavy atom. The van der Waals surface area contributed by atoms with E-state index in [1.54, 1.807) is 6.07 Å². The van der Waals surface area contributed by atoms with Gasteiger partial charge in [0.25, 0.3) is 0 Å². The third kappa shape index (κ3) is 5.22. The fraction of sp³-hybridized carbons (Fsp3) is 0.320. The second-order valence-electron chi connectivity index (χ2n) is 9.11. The number of nitrogens with zero attached hydrogens (tertiary/aromatic N) is 3. The summed E-state index contributed by atoms with van der Waals surface area (Å²) in [5.74, 6) is -0.617. The van der Waals surface area contributed by atoms with Gasteiger partial charge in [-0.25, -0.2) is 4.39 Å². The molecule has 0 bridgehead atoms. The Morgan fingerprint density at radius 1 is 1.10 bits per heavy atom. The quantitative estimate of drug-likeness (QED) is 0.466. The Hall–Kier alpha value is -3.52. The lowest BCUT2D eigenvalue weighted by Gasteiger charge is -2.27. The number of alkyl halides is 7. The Morgan fingerprint density at radius 2 is 1.87 bits per heavy atom. The van der Waals surface area contributed by atoms with Gasteiger partial charge in [-0.3, -0.25) is 9.36 Å². The van der Waals surface area contributed by atoms with Crippen LogP contribution in [0.4, 0.5) is 30.7 Å². The van der Waals surface area contributed by atoms with Crippen molar-refractivity contribution in [3.05, 3.63) is 83.8 Å². The summed E-state index contributed by atoms with van der Waals surface area (Å²) in [5.41, 5.74) is -2.90. The molecule has 1 aromatic heterocycles. The lowest BCUT2D eigenvalue weighted by Crippen LogP contribution is -2.41. The first-order chi connectivity index (χ1) is 18.3. The molecule has 0 radical (unpaired) electrons. The smallest absolute Gasteiger partial charge is 0.416 e. The molecule has 14 heteroatoms. The van der Waals surface area contributed by atoms with E-state index in [9.17, 15) is 40.6 Å². The first kappa shape index (κ1) is 27.1. The summed E-state index contributed by atoms with van der Waals surface area (Å²) < 4.78 is 97.0. The highest BCUT2D eigenvalue weighted by molar-refractivity contribution is 7.10. The number of nitrogens with one attached hydrogen (secondary N) is 1. The number of fused-ring (bicyclic) bond motifs is 1. The van der Waals surface area contributed by atoms with Crippen LogP contribution in [0, 0.1) is 0 Å². The van der Waals surface area contributed by atoms with Crippen molar-refractivity contribution in [2.24, 2.45) is 10.2 Å². The van der Waals surface area contributed by atoms with Crippen LogP contribution in [0.1, 0.15) is 39.6 Å². The van der Waals surface area contributed by atoms with Crippen molar-refractivity contribution in [1.29, 1.82) is 0 Å². The van der Waals surface area contributed by atoms with E-state index in [1.165, 1.54) is 18.3 Å². The van der Waals surface area contributed by atoms with E-state index in [4.69, 9.17) is 0 Å². The molecular formula is C25H19F7N4O2S. The van der Waals surface area contributed by atoms with Crippen molar-refractivity contribution in [3.8, 4) is 5.88 Å². The molecule has 3 heterocycles. The minimum absolute atomic E-state index is 0.0391. The standard InChI is InChI=1S/C25H19F7N4O2S/c26-18-11-33-6-5-20(18)36-22(37)21(39-23(36)38)16(12-2-4-19-14(7-12)10-34-35-19)8-13-1-3-15(24(27,28)29)9-17(13)25(30,31)32/h1-4,7,9-10,18,20,33,37H,5-6,8,11H2/t18-,20-/m0/s1. The van der Waals surface area contributed by atoms with Crippen molar-refractivity contribution < 1.29 is 35.8 Å². The van der Waals surface area contributed by atoms with Crippen molar-refractivity contribution in [1.82, 2.24) is 9.88 Å². The SMILES string of the molecule is O=c1sc(C(Cc2ccc(C(F)(F)F)cc2C(F)(F)F)=c2ccc3c(c2)C=NN=3)c(O)n1[C@H]1CCNC[C@@H]1F. The Kier molecular flexibility index (Phi) is 6.87. The summed E-state index contributed by atoms with van der Waals surface area (Å²) in [5, 5.41) is 22.4. The lowest BCUT2D eigenvalue weighted by atomic mass is 9.94. The third-order valence-electron chi connectivity index (χ3n) is 6.64. The van der Waals surface area contributed by atoms with Crippen LogP contribution in [0.5, 0.6) is 5.88 Å². The summed E-state index contributed by atoms with van der Waals surface area (Å²) in [6.07, 6.45) is -10.6. The number of aromatic hydroxyl groups is 1.